The Morgan fingerprint density at radius 1 is 1.37 bits per heavy atom. The fraction of sp³-hybridized carbons (Fsp3) is 0.562. The number of rotatable bonds is 5. The number of carboxylic acids is 1. The molecule has 1 aromatic rings. The summed E-state index contributed by atoms with van der Waals surface area (Å²) >= 11 is 0. The van der Waals surface area contributed by atoms with Crippen LogP contribution in [0.15, 0.2) is 24.3 Å². The van der Waals surface area contributed by atoms with Crippen LogP contribution in [-0.2, 0) is 11.2 Å². The van der Waals surface area contributed by atoms with E-state index in [1.54, 1.807) is 0 Å². The van der Waals surface area contributed by atoms with Crippen LogP contribution >= 0.6 is 0 Å². The SMILES string of the molecule is CCC1CCCCC1Oc1cccc(CC(=O)O)c1. The van der Waals surface area contributed by atoms with Gasteiger partial charge in [0.2, 0.25) is 0 Å². The van der Waals surface area contributed by atoms with Crippen LogP contribution in [0.2, 0.25) is 0 Å². The van der Waals surface area contributed by atoms with Crippen molar-refractivity contribution in [2.75, 3.05) is 0 Å². The topological polar surface area (TPSA) is 46.5 Å². The lowest BCUT2D eigenvalue weighted by Gasteiger charge is -2.31. The predicted octanol–water partition coefficient (Wildman–Crippen LogP) is 3.66. The zero-order chi connectivity index (χ0) is 13.7. The summed E-state index contributed by atoms with van der Waals surface area (Å²) in [6.45, 7) is 2.22. The third kappa shape index (κ3) is 3.98. The van der Waals surface area contributed by atoms with E-state index in [-0.39, 0.29) is 6.42 Å². The smallest absolute Gasteiger partial charge is 0.307 e. The molecule has 0 aromatic heterocycles. The van der Waals surface area contributed by atoms with E-state index < -0.39 is 5.97 Å². The fourth-order valence-corrected chi connectivity index (χ4v) is 2.87. The molecule has 0 aliphatic heterocycles. The van der Waals surface area contributed by atoms with Crippen LogP contribution in [0, 0.1) is 5.92 Å². The summed E-state index contributed by atoms with van der Waals surface area (Å²) in [6, 6.07) is 7.48. The highest BCUT2D eigenvalue weighted by atomic mass is 16.5. The average Bonchev–Trinajstić information content (AvgIpc) is 2.39. The van der Waals surface area contributed by atoms with Crippen molar-refractivity contribution in [2.24, 2.45) is 5.92 Å². The molecule has 3 heteroatoms. The van der Waals surface area contributed by atoms with Crippen molar-refractivity contribution in [1.82, 2.24) is 0 Å². The van der Waals surface area contributed by atoms with Crippen molar-refractivity contribution in [2.45, 2.75) is 51.6 Å². The molecule has 1 N–H and O–H groups in total. The van der Waals surface area contributed by atoms with Gasteiger partial charge in [0.15, 0.2) is 0 Å². The Balaban J connectivity index is 2.03. The molecule has 1 aliphatic rings. The van der Waals surface area contributed by atoms with Gasteiger partial charge in [-0.1, -0.05) is 25.5 Å². The molecule has 1 aliphatic carbocycles. The summed E-state index contributed by atoms with van der Waals surface area (Å²) in [7, 11) is 0. The maximum Gasteiger partial charge on any atom is 0.307 e. The highest BCUT2D eigenvalue weighted by molar-refractivity contribution is 5.70. The Kier molecular flexibility index (Phi) is 4.83. The third-order valence-corrected chi connectivity index (χ3v) is 3.90. The van der Waals surface area contributed by atoms with E-state index >= 15 is 0 Å². The monoisotopic (exact) mass is 262 g/mol. The molecule has 1 aromatic carbocycles. The van der Waals surface area contributed by atoms with Gasteiger partial charge in [-0.15, -0.1) is 0 Å². The first-order valence-electron chi connectivity index (χ1n) is 7.16. The van der Waals surface area contributed by atoms with Crippen molar-refractivity contribution in [3.63, 3.8) is 0 Å². The van der Waals surface area contributed by atoms with E-state index in [0.717, 1.165) is 24.2 Å². The maximum absolute atomic E-state index is 10.7. The first-order valence-corrected chi connectivity index (χ1v) is 7.16. The standard InChI is InChI=1S/C16H22O3/c1-2-13-7-3-4-9-15(13)19-14-8-5-6-12(10-14)11-16(17)18/h5-6,8,10,13,15H,2-4,7,9,11H2,1H3,(H,17,18). The molecule has 0 spiro atoms. The summed E-state index contributed by atoms with van der Waals surface area (Å²) in [5, 5.41) is 8.82. The van der Waals surface area contributed by atoms with E-state index in [1.807, 2.05) is 24.3 Å². The quantitative estimate of drug-likeness (QED) is 0.880. The van der Waals surface area contributed by atoms with Crippen LogP contribution in [0.25, 0.3) is 0 Å². The molecular weight excluding hydrogens is 240 g/mol. The van der Waals surface area contributed by atoms with Gasteiger partial charge in [0.25, 0.3) is 0 Å². The lowest BCUT2D eigenvalue weighted by atomic mass is 9.85. The molecule has 2 rings (SSSR count). The van der Waals surface area contributed by atoms with E-state index in [0.29, 0.717) is 12.0 Å². The lowest BCUT2D eigenvalue weighted by Crippen LogP contribution is -2.29. The van der Waals surface area contributed by atoms with Gasteiger partial charge in [-0.2, -0.15) is 0 Å². The Morgan fingerprint density at radius 2 is 2.16 bits per heavy atom. The highest BCUT2D eigenvalue weighted by Gasteiger charge is 2.25. The summed E-state index contributed by atoms with van der Waals surface area (Å²) in [5.41, 5.74) is 0.800. The molecule has 0 saturated heterocycles. The number of aliphatic carboxylic acids is 1. The van der Waals surface area contributed by atoms with Crippen molar-refractivity contribution in [3.05, 3.63) is 29.8 Å². The second-order valence-corrected chi connectivity index (χ2v) is 5.33. The number of carbonyl (C=O) groups is 1. The van der Waals surface area contributed by atoms with Gasteiger partial charge in [0.05, 0.1) is 6.42 Å². The third-order valence-electron chi connectivity index (χ3n) is 3.90. The fourth-order valence-electron chi connectivity index (χ4n) is 2.87. The number of benzene rings is 1. The Morgan fingerprint density at radius 3 is 2.89 bits per heavy atom. The van der Waals surface area contributed by atoms with Crippen LogP contribution < -0.4 is 4.74 Å². The molecule has 0 radical (unpaired) electrons. The number of ether oxygens (including phenoxy) is 1. The molecular formula is C16H22O3. The van der Waals surface area contributed by atoms with Crippen LogP contribution in [0.4, 0.5) is 0 Å². The Hall–Kier alpha value is -1.51. The van der Waals surface area contributed by atoms with E-state index in [9.17, 15) is 4.79 Å². The van der Waals surface area contributed by atoms with Crippen LogP contribution in [0.1, 0.15) is 44.6 Å². The van der Waals surface area contributed by atoms with Crippen molar-refractivity contribution in [1.29, 1.82) is 0 Å². The molecule has 2 atom stereocenters. The summed E-state index contributed by atoms with van der Waals surface area (Å²) in [4.78, 5) is 10.7. The van der Waals surface area contributed by atoms with Gasteiger partial charge < -0.3 is 9.84 Å². The van der Waals surface area contributed by atoms with Crippen molar-refractivity contribution < 1.29 is 14.6 Å². The van der Waals surface area contributed by atoms with Gasteiger partial charge in [0, 0.05) is 0 Å². The Labute approximate surface area is 114 Å². The van der Waals surface area contributed by atoms with E-state index in [4.69, 9.17) is 9.84 Å². The van der Waals surface area contributed by atoms with Crippen molar-refractivity contribution >= 4 is 5.97 Å². The lowest BCUT2D eigenvalue weighted by molar-refractivity contribution is -0.136. The number of hydrogen-bond donors (Lipinski definition) is 1. The highest BCUT2D eigenvalue weighted by Crippen LogP contribution is 2.30. The molecule has 3 nitrogen and oxygen atoms in total. The molecule has 1 fully saturated rings. The Bertz CT molecular complexity index is 428. The first kappa shape index (κ1) is 13.9. The molecule has 2 unspecified atom stereocenters. The van der Waals surface area contributed by atoms with Gasteiger partial charge in [0.1, 0.15) is 11.9 Å². The molecule has 19 heavy (non-hydrogen) atoms. The second kappa shape index (κ2) is 6.60. The number of hydrogen-bond acceptors (Lipinski definition) is 2. The predicted molar refractivity (Wildman–Crippen MR) is 74.4 cm³/mol. The zero-order valence-electron chi connectivity index (χ0n) is 11.5. The average molecular weight is 262 g/mol. The molecule has 0 amide bonds. The number of carboxylic acid groups (broad SMARTS) is 1. The largest absolute Gasteiger partial charge is 0.490 e. The summed E-state index contributed by atoms with van der Waals surface area (Å²) in [6.07, 6.45) is 6.39. The summed E-state index contributed by atoms with van der Waals surface area (Å²) in [5.74, 6) is 0.641. The van der Waals surface area contributed by atoms with Gasteiger partial charge >= 0.3 is 5.97 Å². The molecule has 0 bridgehead atoms. The zero-order valence-corrected chi connectivity index (χ0v) is 11.5. The maximum atomic E-state index is 10.7. The van der Waals surface area contributed by atoms with Gasteiger partial charge in [-0.25, -0.2) is 0 Å². The molecule has 104 valence electrons. The van der Waals surface area contributed by atoms with E-state index in [1.165, 1.54) is 19.3 Å². The molecule has 0 heterocycles. The van der Waals surface area contributed by atoms with Crippen LogP contribution in [0.5, 0.6) is 5.75 Å². The van der Waals surface area contributed by atoms with Gasteiger partial charge in [-0.3, -0.25) is 4.79 Å². The van der Waals surface area contributed by atoms with Crippen LogP contribution in [0.3, 0.4) is 0 Å². The normalized spacial score (nSPS) is 23.0. The summed E-state index contributed by atoms with van der Waals surface area (Å²) < 4.78 is 6.09. The van der Waals surface area contributed by atoms with Crippen LogP contribution in [-0.4, -0.2) is 17.2 Å². The molecule has 1 saturated carbocycles. The minimum atomic E-state index is -0.804. The minimum Gasteiger partial charge on any atom is -0.490 e. The van der Waals surface area contributed by atoms with E-state index in [2.05, 4.69) is 6.92 Å². The van der Waals surface area contributed by atoms with Gasteiger partial charge in [-0.05, 0) is 49.3 Å². The van der Waals surface area contributed by atoms with Crippen molar-refractivity contribution in [3.8, 4) is 5.75 Å². The minimum absolute atomic E-state index is 0.0546. The first-order chi connectivity index (χ1) is 9.19. The second-order valence-electron chi connectivity index (χ2n) is 5.33.